The third kappa shape index (κ3) is 3.05. The van der Waals surface area contributed by atoms with Crippen LogP contribution in [0.3, 0.4) is 0 Å². The number of pyridine rings is 1. The Hall–Kier alpha value is -3.16. The van der Waals surface area contributed by atoms with Gasteiger partial charge in [-0.25, -0.2) is 23.1 Å². The average molecular weight is 360 g/mol. The van der Waals surface area contributed by atoms with Crippen LogP contribution in [0.5, 0.6) is 0 Å². The first kappa shape index (κ1) is 17.7. The minimum atomic E-state index is -2.89. The van der Waals surface area contributed by atoms with E-state index in [1.807, 2.05) is 0 Å². The highest BCUT2D eigenvalue weighted by Gasteiger charge is 2.16. The molecule has 3 aromatic rings. The van der Waals surface area contributed by atoms with Crippen molar-refractivity contribution >= 4 is 22.9 Å². The molecule has 2 heterocycles. The van der Waals surface area contributed by atoms with Crippen molar-refractivity contribution in [3.8, 4) is 0 Å². The van der Waals surface area contributed by atoms with Gasteiger partial charge >= 0.3 is 0 Å². The van der Waals surface area contributed by atoms with E-state index in [2.05, 4.69) is 21.9 Å². The average Bonchev–Trinajstić information content (AvgIpc) is 2.63. The molecule has 0 saturated carbocycles. The Balaban J connectivity index is 2.00. The van der Waals surface area contributed by atoms with Gasteiger partial charge in [0.2, 0.25) is 0 Å². The highest BCUT2D eigenvalue weighted by atomic mass is 19.3. The van der Waals surface area contributed by atoms with Gasteiger partial charge in [-0.3, -0.25) is 9.36 Å². The summed E-state index contributed by atoms with van der Waals surface area (Å²) in [6, 6.07) is 3.84. The summed E-state index contributed by atoms with van der Waals surface area (Å²) in [4.78, 5) is 20.4. The van der Waals surface area contributed by atoms with Gasteiger partial charge in [0.25, 0.3) is 12.0 Å². The van der Waals surface area contributed by atoms with E-state index in [1.165, 1.54) is 35.4 Å². The summed E-state index contributed by atoms with van der Waals surface area (Å²) in [6.45, 7) is 5.16. The summed E-state index contributed by atoms with van der Waals surface area (Å²) in [5.41, 5.74) is 0.0514. The number of nitrogens with zero attached hydrogens (tertiary/aromatic N) is 3. The number of hydrogen-bond donors (Lipinski definition) is 1. The van der Waals surface area contributed by atoms with E-state index in [0.717, 1.165) is 6.07 Å². The predicted molar refractivity (Wildman–Crippen MR) is 93.6 cm³/mol. The lowest BCUT2D eigenvalue weighted by Gasteiger charge is -2.12. The molecule has 1 aromatic carbocycles. The molecule has 3 rings (SSSR count). The lowest BCUT2D eigenvalue weighted by Crippen LogP contribution is -2.18. The highest BCUT2D eigenvalue weighted by Crippen LogP contribution is 2.25. The number of alkyl halides is 2. The minimum Gasteiger partial charge on any atom is -0.365 e. The Morgan fingerprint density at radius 2 is 2.12 bits per heavy atom. The van der Waals surface area contributed by atoms with Crippen molar-refractivity contribution in [3.63, 3.8) is 0 Å². The summed E-state index contributed by atoms with van der Waals surface area (Å²) < 4.78 is 41.1. The van der Waals surface area contributed by atoms with Crippen molar-refractivity contribution < 1.29 is 13.2 Å². The van der Waals surface area contributed by atoms with Crippen molar-refractivity contribution in [1.82, 2.24) is 14.5 Å². The van der Waals surface area contributed by atoms with Crippen LogP contribution in [-0.4, -0.2) is 14.5 Å². The van der Waals surface area contributed by atoms with Crippen molar-refractivity contribution in [1.29, 1.82) is 0 Å². The Morgan fingerprint density at radius 1 is 1.35 bits per heavy atom. The molecular weight excluding hydrogens is 345 g/mol. The van der Waals surface area contributed by atoms with Crippen LogP contribution in [0.4, 0.5) is 19.0 Å². The molecule has 0 unspecified atom stereocenters. The molecule has 0 atom stereocenters. The lowest BCUT2D eigenvalue weighted by atomic mass is 10.1. The van der Waals surface area contributed by atoms with E-state index in [1.54, 1.807) is 6.92 Å². The first-order chi connectivity index (χ1) is 12.4. The van der Waals surface area contributed by atoms with Crippen LogP contribution in [0.1, 0.15) is 23.1 Å². The molecule has 0 fully saturated rings. The first-order valence-corrected chi connectivity index (χ1v) is 7.72. The topological polar surface area (TPSA) is 59.8 Å². The van der Waals surface area contributed by atoms with Gasteiger partial charge in [0, 0.05) is 30.1 Å². The summed E-state index contributed by atoms with van der Waals surface area (Å²) >= 11 is 0. The largest absolute Gasteiger partial charge is 0.365 e. The number of nitrogens with one attached hydrogen (secondary N) is 1. The maximum Gasteiger partial charge on any atom is 0.266 e. The SMILES string of the molecule is C=Cn1cc2c(NCc3cccc(C(F)F)c3F)ncnc2c(C)c1=O. The third-order valence-corrected chi connectivity index (χ3v) is 4.05. The van der Waals surface area contributed by atoms with E-state index < -0.39 is 17.8 Å². The summed E-state index contributed by atoms with van der Waals surface area (Å²) in [6.07, 6.45) is 1.27. The molecule has 1 N–H and O–H groups in total. The van der Waals surface area contributed by atoms with Crippen LogP contribution in [-0.2, 0) is 6.54 Å². The van der Waals surface area contributed by atoms with Crippen LogP contribution in [0.15, 0.2) is 42.1 Å². The van der Waals surface area contributed by atoms with Crippen LogP contribution >= 0.6 is 0 Å². The molecule has 0 bridgehead atoms. The van der Waals surface area contributed by atoms with Crippen molar-refractivity contribution in [2.24, 2.45) is 0 Å². The molecule has 134 valence electrons. The monoisotopic (exact) mass is 360 g/mol. The minimum absolute atomic E-state index is 0.0508. The second kappa shape index (κ2) is 6.99. The van der Waals surface area contributed by atoms with Gasteiger partial charge in [-0.2, -0.15) is 0 Å². The molecule has 26 heavy (non-hydrogen) atoms. The summed E-state index contributed by atoms with van der Waals surface area (Å²) in [5.74, 6) is -0.594. The number of halogens is 3. The zero-order valence-electron chi connectivity index (χ0n) is 13.8. The van der Waals surface area contributed by atoms with E-state index in [-0.39, 0.29) is 17.7 Å². The molecule has 0 aliphatic rings. The van der Waals surface area contributed by atoms with Gasteiger partial charge in [0.15, 0.2) is 0 Å². The van der Waals surface area contributed by atoms with E-state index >= 15 is 0 Å². The molecule has 0 aliphatic heterocycles. The van der Waals surface area contributed by atoms with E-state index in [9.17, 15) is 18.0 Å². The summed E-state index contributed by atoms with van der Waals surface area (Å²) in [7, 11) is 0. The van der Waals surface area contributed by atoms with Crippen LogP contribution in [0.2, 0.25) is 0 Å². The van der Waals surface area contributed by atoms with Gasteiger partial charge < -0.3 is 5.32 Å². The van der Waals surface area contributed by atoms with Crippen molar-refractivity contribution in [2.45, 2.75) is 19.9 Å². The van der Waals surface area contributed by atoms with E-state index in [0.29, 0.717) is 22.3 Å². The lowest BCUT2D eigenvalue weighted by molar-refractivity contribution is 0.146. The summed E-state index contributed by atoms with van der Waals surface area (Å²) in [5, 5.41) is 3.46. The predicted octanol–water partition coefficient (Wildman–Crippen LogP) is 3.89. The Bertz CT molecular complexity index is 1050. The molecule has 0 saturated heterocycles. The van der Waals surface area contributed by atoms with Crippen LogP contribution in [0.25, 0.3) is 17.1 Å². The molecule has 0 amide bonds. The van der Waals surface area contributed by atoms with Crippen molar-refractivity contribution in [2.75, 3.05) is 5.32 Å². The van der Waals surface area contributed by atoms with Crippen LogP contribution < -0.4 is 10.9 Å². The number of hydrogen-bond acceptors (Lipinski definition) is 4. The molecule has 0 aliphatic carbocycles. The first-order valence-electron chi connectivity index (χ1n) is 7.72. The number of fused-ring (bicyclic) bond motifs is 1. The number of benzene rings is 1. The second-order valence-electron chi connectivity index (χ2n) is 5.61. The maximum atomic E-state index is 14.2. The second-order valence-corrected chi connectivity index (χ2v) is 5.61. The Kier molecular flexibility index (Phi) is 4.75. The van der Waals surface area contributed by atoms with Gasteiger partial charge in [0.05, 0.1) is 16.5 Å². The normalized spacial score (nSPS) is 11.1. The fourth-order valence-corrected chi connectivity index (χ4v) is 2.67. The number of aromatic nitrogens is 3. The fourth-order valence-electron chi connectivity index (χ4n) is 2.67. The van der Waals surface area contributed by atoms with E-state index in [4.69, 9.17) is 0 Å². The standard InChI is InChI=1S/C18H15F3N4O/c1-3-25-8-13-15(10(2)18(25)26)23-9-24-17(13)22-7-11-5-4-6-12(14(11)19)16(20)21/h3-6,8-9,16H,1,7H2,2H3,(H,22,23,24). The molecule has 0 radical (unpaired) electrons. The van der Waals surface area contributed by atoms with Crippen molar-refractivity contribution in [3.05, 3.63) is 70.2 Å². The highest BCUT2D eigenvalue weighted by molar-refractivity contribution is 5.90. The fraction of sp³-hybridized carbons (Fsp3) is 0.167. The third-order valence-electron chi connectivity index (χ3n) is 4.05. The number of aryl methyl sites for hydroxylation is 1. The zero-order chi connectivity index (χ0) is 18.8. The quantitative estimate of drug-likeness (QED) is 0.750. The molecule has 2 aromatic heterocycles. The smallest absolute Gasteiger partial charge is 0.266 e. The number of rotatable bonds is 5. The van der Waals surface area contributed by atoms with Gasteiger partial charge in [-0.15, -0.1) is 0 Å². The molecular formula is C18H15F3N4O. The zero-order valence-corrected chi connectivity index (χ0v) is 13.8. The van der Waals surface area contributed by atoms with Gasteiger partial charge in [-0.1, -0.05) is 24.8 Å². The van der Waals surface area contributed by atoms with Gasteiger partial charge in [-0.05, 0) is 6.92 Å². The molecule has 5 nitrogen and oxygen atoms in total. The molecule has 0 spiro atoms. The Morgan fingerprint density at radius 3 is 2.81 bits per heavy atom. The van der Waals surface area contributed by atoms with Crippen LogP contribution in [0, 0.1) is 12.7 Å². The molecule has 8 heteroatoms. The number of anilines is 1. The maximum absolute atomic E-state index is 14.2. The Labute approximate surface area is 146 Å². The van der Waals surface area contributed by atoms with Gasteiger partial charge in [0.1, 0.15) is 18.0 Å².